The molecule has 8 heteroatoms. The highest BCUT2D eigenvalue weighted by Gasteiger charge is 2.27. The van der Waals surface area contributed by atoms with Gasteiger partial charge in [-0.25, -0.2) is 17.6 Å². The highest BCUT2D eigenvalue weighted by atomic mass is 19.2. The molecule has 1 fully saturated rings. The molecule has 0 saturated carbocycles. The number of benzene rings is 1. The van der Waals surface area contributed by atoms with Crippen LogP contribution in [0, 0.1) is 23.3 Å². The molecule has 4 nitrogen and oxygen atoms in total. The summed E-state index contributed by atoms with van der Waals surface area (Å²) in [4.78, 5) is 24.2. The molecule has 0 bridgehead atoms. The third kappa shape index (κ3) is 2.59. The summed E-state index contributed by atoms with van der Waals surface area (Å²) in [5, 5.41) is 2.49. The quantitative estimate of drug-likeness (QED) is 0.480. The van der Waals surface area contributed by atoms with Gasteiger partial charge in [-0.3, -0.25) is 9.59 Å². The van der Waals surface area contributed by atoms with Gasteiger partial charge in [-0.1, -0.05) is 0 Å². The summed E-state index contributed by atoms with van der Waals surface area (Å²) in [5.41, 5.74) is -0.893. The van der Waals surface area contributed by atoms with E-state index in [0.717, 1.165) is 4.90 Å². The Morgan fingerprint density at radius 2 is 1.80 bits per heavy atom. The van der Waals surface area contributed by atoms with E-state index >= 15 is 0 Å². The zero-order valence-corrected chi connectivity index (χ0v) is 10.2. The first-order chi connectivity index (χ1) is 9.41. The molecule has 1 aliphatic heterocycles. The maximum absolute atomic E-state index is 13.5. The average Bonchev–Trinajstić information content (AvgIpc) is 2.64. The van der Waals surface area contributed by atoms with E-state index in [1.54, 1.807) is 0 Å². The molecule has 0 atom stereocenters. The fraction of sp³-hybridized carbons (Fsp3) is 0.333. The second-order valence-electron chi connectivity index (χ2n) is 4.24. The van der Waals surface area contributed by atoms with Gasteiger partial charge in [-0.05, 0) is 6.07 Å². The van der Waals surface area contributed by atoms with Gasteiger partial charge in [0.25, 0.3) is 5.91 Å². The molecule has 0 aromatic heterocycles. The minimum Gasteiger partial charge on any atom is -0.354 e. The average molecular weight is 290 g/mol. The minimum atomic E-state index is -2.03. The van der Waals surface area contributed by atoms with E-state index < -0.39 is 34.7 Å². The van der Waals surface area contributed by atoms with E-state index in [2.05, 4.69) is 5.32 Å². The molecule has 1 aromatic carbocycles. The van der Waals surface area contributed by atoms with Gasteiger partial charge < -0.3 is 10.2 Å². The highest BCUT2D eigenvalue weighted by Crippen LogP contribution is 2.20. The van der Waals surface area contributed by atoms with Gasteiger partial charge in [0.05, 0.1) is 5.56 Å². The van der Waals surface area contributed by atoms with Crippen molar-refractivity contribution < 1.29 is 27.2 Å². The number of rotatable bonds is 1. The van der Waals surface area contributed by atoms with Crippen LogP contribution in [0.5, 0.6) is 0 Å². The van der Waals surface area contributed by atoms with Crippen LogP contribution in [0.15, 0.2) is 6.07 Å². The lowest BCUT2D eigenvalue weighted by molar-refractivity contribution is -0.120. The summed E-state index contributed by atoms with van der Waals surface area (Å²) in [6.07, 6.45) is -0.000478. The van der Waals surface area contributed by atoms with Gasteiger partial charge in [0, 0.05) is 26.1 Å². The lowest BCUT2D eigenvalue weighted by atomic mass is 10.1. The summed E-state index contributed by atoms with van der Waals surface area (Å²) in [6, 6.07) is 0.316. The van der Waals surface area contributed by atoms with Gasteiger partial charge in [0.15, 0.2) is 23.3 Å². The molecule has 108 valence electrons. The lowest BCUT2D eigenvalue weighted by Crippen LogP contribution is -2.35. The van der Waals surface area contributed by atoms with Crippen molar-refractivity contribution in [3.8, 4) is 0 Å². The third-order valence-electron chi connectivity index (χ3n) is 2.93. The summed E-state index contributed by atoms with van der Waals surface area (Å²) in [5.74, 6) is -8.65. The van der Waals surface area contributed by atoms with Crippen LogP contribution in [0.1, 0.15) is 16.8 Å². The van der Waals surface area contributed by atoms with Crippen molar-refractivity contribution in [2.45, 2.75) is 6.42 Å². The zero-order chi connectivity index (χ0) is 14.9. The molecule has 1 N–H and O–H groups in total. The van der Waals surface area contributed by atoms with Crippen LogP contribution < -0.4 is 5.32 Å². The molecule has 2 rings (SSSR count). The van der Waals surface area contributed by atoms with Gasteiger partial charge in [-0.2, -0.15) is 0 Å². The maximum atomic E-state index is 13.5. The van der Waals surface area contributed by atoms with E-state index in [-0.39, 0.29) is 32.0 Å². The summed E-state index contributed by atoms with van der Waals surface area (Å²) >= 11 is 0. The van der Waals surface area contributed by atoms with Crippen molar-refractivity contribution in [1.82, 2.24) is 10.2 Å². The summed E-state index contributed by atoms with van der Waals surface area (Å²) in [6.45, 7) is 0.216. The number of nitrogens with zero attached hydrogens (tertiary/aromatic N) is 1. The van der Waals surface area contributed by atoms with Gasteiger partial charge >= 0.3 is 0 Å². The van der Waals surface area contributed by atoms with E-state index in [1.807, 2.05) is 0 Å². The molecule has 0 spiro atoms. The fourth-order valence-electron chi connectivity index (χ4n) is 1.87. The Hall–Kier alpha value is -2.12. The maximum Gasteiger partial charge on any atom is 0.257 e. The number of carbonyl (C=O) groups excluding carboxylic acids is 2. The molecule has 1 aliphatic rings. The number of nitrogens with one attached hydrogen (secondary N) is 1. The van der Waals surface area contributed by atoms with Crippen molar-refractivity contribution in [1.29, 1.82) is 0 Å². The van der Waals surface area contributed by atoms with Gasteiger partial charge in [-0.15, -0.1) is 0 Å². The molecule has 20 heavy (non-hydrogen) atoms. The Bertz CT molecular complexity index is 577. The first kappa shape index (κ1) is 14.3. The Morgan fingerprint density at radius 1 is 1.10 bits per heavy atom. The topological polar surface area (TPSA) is 49.4 Å². The molecular weight excluding hydrogens is 280 g/mol. The third-order valence-corrected chi connectivity index (χ3v) is 2.93. The molecule has 1 aromatic rings. The number of halogens is 4. The largest absolute Gasteiger partial charge is 0.354 e. The van der Waals surface area contributed by atoms with Crippen LogP contribution in [0.25, 0.3) is 0 Å². The highest BCUT2D eigenvalue weighted by molar-refractivity contribution is 5.95. The predicted octanol–water partition coefficient (Wildman–Crippen LogP) is 1.21. The summed E-state index contributed by atoms with van der Waals surface area (Å²) < 4.78 is 52.5. The molecule has 0 radical (unpaired) electrons. The number of hydrogen-bond acceptors (Lipinski definition) is 2. The van der Waals surface area contributed by atoms with E-state index in [1.165, 1.54) is 0 Å². The smallest absolute Gasteiger partial charge is 0.257 e. The molecule has 0 unspecified atom stereocenters. The first-order valence-electron chi connectivity index (χ1n) is 5.80. The van der Waals surface area contributed by atoms with E-state index in [4.69, 9.17) is 0 Å². The monoisotopic (exact) mass is 290 g/mol. The van der Waals surface area contributed by atoms with E-state index in [0.29, 0.717) is 6.07 Å². The predicted molar refractivity (Wildman–Crippen MR) is 59.8 cm³/mol. The van der Waals surface area contributed by atoms with Crippen LogP contribution in [0.4, 0.5) is 17.6 Å². The van der Waals surface area contributed by atoms with Gasteiger partial charge in [0.2, 0.25) is 5.91 Å². The SMILES string of the molecule is O=C1CCN(C(=O)c2cc(F)c(F)c(F)c2F)CCN1. The van der Waals surface area contributed by atoms with Crippen molar-refractivity contribution in [2.75, 3.05) is 19.6 Å². The molecule has 0 aliphatic carbocycles. The molecule has 2 amide bonds. The second kappa shape index (κ2) is 5.48. The Labute approximate surface area is 111 Å². The van der Waals surface area contributed by atoms with Crippen LogP contribution in [0.2, 0.25) is 0 Å². The van der Waals surface area contributed by atoms with Gasteiger partial charge in [0.1, 0.15) is 0 Å². The molecule has 1 saturated heterocycles. The number of hydrogen-bond donors (Lipinski definition) is 1. The van der Waals surface area contributed by atoms with Crippen LogP contribution >= 0.6 is 0 Å². The van der Waals surface area contributed by atoms with Crippen molar-refractivity contribution in [2.24, 2.45) is 0 Å². The van der Waals surface area contributed by atoms with Crippen molar-refractivity contribution in [3.63, 3.8) is 0 Å². The normalized spacial score (nSPS) is 15.8. The molecule has 1 heterocycles. The van der Waals surface area contributed by atoms with Crippen molar-refractivity contribution >= 4 is 11.8 Å². The van der Waals surface area contributed by atoms with Crippen LogP contribution in [-0.2, 0) is 4.79 Å². The van der Waals surface area contributed by atoms with Crippen LogP contribution in [0.3, 0.4) is 0 Å². The Morgan fingerprint density at radius 3 is 2.50 bits per heavy atom. The Balaban J connectivity index is 2.31. The standard InChI is InChI=1S/C12H10F4N2O2/c13-7-5-6(9(14)11(16)10(7)15)12(20)18-3-1-8(19)17-2-4-18/h5H,1-4H2,(H,17,19). The molecular formula is C12H10F4N2O2. The number of amides is 2. The fourth-order valence-corrected chi connectivity index (χ4v) is 1.87. The Kier molecular flexibility index (Phi) is 3.91. The first-order valence-corrected chi connectivity index (χ1v) is 5.80. The van der Waals surface area contributed by atoms with Crippen molar-refractivity contribution in [3.05, 3.63) is 34.9 Å². The zero-order valence-electron chi connectivity index (χ0n) is 10.2. The van der Waals surface area contributed by atoms with E-state index in [9.17, 15) is 27.2 Å². The lowest BCUT2D eigenvalue weighted by Gasteiger charge is -2.20. The number of carbonyl (C=O) groups is 2. The van der Waals surface area contributed by atoms with Crippen LogP contribution in [-0.4, -0.2) is 36.3 Å². The second-order valence-corrected chi connectivity index (χ2v) is 4.24. The minimum absolute atomic E-state index is 0.000478. The summed E-state index contributed by atoms with van der Waals surface area (Å²) in [7, 11) is 0.